The first kappa shape index (κ1) is 24.5. The average molecular weight is 578 g/mol. The van der Waals surface area contributed by atoms with E-state index in [2.05, 4.69) is 36.1 Å². The number of hydrazine groups is 2. The zero-order valence-corrected chi connectivity index (χ0v) is 21.8. The van der Waals surface area contributed by atoms with Crippen LogP contribution in [0.1, 0.15) is 11.5 Å². The lowest BCUT2D eigenvalue weighted by molar-refractivity contribution is -0.150. The molecule has 0 saturated carbocycles. The first-order valence-electron chi connectivity index (χ1n) is 11.0. The number of aromatic nitrogens is 3. The van der Waals surface area contributed by atoms with Gasteiger partial charge in [0.15, 0.2) is 23.3 Å². The van der Waals surface area contributed by atoms with Gasteiger partial charge in [-0.05, 0) is 17.5 Å². The second kappa shape index (κ2) is 9.49. The summed E-state index contributed by atoms with van der Waals surface area (Å²) < 4.78 is 1.68. The fraction of sp³-hybridized carbons (Fsp3) is 0.316. The first-order valence-corrected chi connectivity index (χ1v) is 13.7. The highest BCUT2D eigenvalue weighted by molar-refractivity contribution is 8.01. The molecule has 2 bridgehead atoms. The standard InChI is InChI=1S/C19H19N11O5S3/c1-28-14-13(38-30(28)27-25-14)7-5-36-17-11(16(32)29(17)12(7)18(33)34)24-15(31)10(8-6-37-19(20)23-8)26-35-4-9-21-2-3-22-9/h2-3,6,11,13,17,27H,4-5H2,1H3,(H2,20,23)(H,21,22)(H,24,31)(H,33,34)/t11-,13?,17-/m1/s1. The number of nitrogen functional groups attached to an aromatic ring is 1. The number of hydrazone groups is 1. The fourth-order valence-corrected chi connectivity index (χ4v) is 7.38. The van der Waals surface area contributed by atoms with Gasteiger partial charge in [-0.1, -0.05) is 9.68 Å². The molecule has 2 aromatic heterocycles. The Hall–Kier alpha value is -3.81. The van der Waals surface area contributed by atoms with E-state index in [9.17, 15) is 19.5 Å². The highest BCUT2D eigenvalue weighted by Gasteiger charge is 2.56. The van der Waals surface area contributed by atoms with E-state index in [0.717, 1.165) is 11.3 Å². The number of H-pyrrole nitrogens is 1. The van der Waals surface area contributed by atoms with Crippen molar-refractivity contribution < 1.29 is 24.3 Å². The number of imidazole rings is 1. The molecule has 6 heterocycles. The number of rotatable bonds is 8. The lowest BCUT2D eigenvalue weighted by Gasteiger charge is -2.49. The molecule has 0 radical (unpaired) electrons. The van der Waals surface area contributed by atoms with Gasteiger partial charge in [-0.25, -0.2) is 20.3 Å². The van der Waals surface area contributed by atoms with Crippen molar-refractivity contribution in [2.75, 3.05) is 18.5 Å². The van der Waals surface area contributed by atoms with Crippen molar-refractivity contribution in [1.82, 2.24) is 40.2 Å². The van der Waals surface area contributed by atoms with Crippen LogP contribution in [-0.4, -0.2) is 93.3 Å². The van der Waals surface area contributed by atoms with Crippen LogP contribution in [-0.2, 0) is 25.8 Å². The van der Waals surface area contributed by atoms with Gasteiger partial charge in [0.1, 0.15) is 33.9 Å². The van der Waals surface area contributed by atoms with Gasteiger partial charge in [-0.3, -0.25) is 19.5 Å². The Morgan fingerprint density at radius 2 is 2.26 bits per heavy atom. The molecule has 16 nitrogen and oxygen atoms in total. The lowest BCUT2D eigenvalue weighted by atomic mass is 10.0. The summed E-state index contributed by atoms with van der Waals surface area (Å²) in [5.74, 6) is -0.976. The molecule has 4 atom stereocenters. The van der Waals surface area contributed by atoms with Crippen molar-refractivity contribution in [3.63, 3.8) is 0 Å². The number of hydrogen-bond acceptors (Lipinski definition) is 15. The van der Waals surface area contributed by atoms with Crippen LogP contribution < -0.4 is 16.6 Å². The monoisotopic (exact) mass is 577 g/mol. The molecule has 38 heavy (non-hydrogen) atoms. The lowest BCUT2D eigenvalue weighted by Crippen LogP contribution is -2.71. The number of β-lactam (4-membered cyclic amide) rings is 1. The zero-order chi connectivity index (χ0) is 26.6. The molecular weight excluding hydrogens is 558 g/mol. The third kappa shape index (κ3) is 4.03. The average Bonchev–Trinajstić information content (AvgIpc) is 3.71. The van der Waals surface area contributed by atoms with Crippen LogP contribution in [0, 0.1) is 0 Å². The number of thioether (sulfide) groups is 1. The van der Waals surface area contributed by atoms with Crippen molar-refractivity contribution in [3.8, 4) is 0 Å². The number of carbonyl (C=O) groups is 3. The number of thiazole rings is 1. The fourth-order valence-electron chi connectivity index (χ4n) is 4.20. The van der Waals surface area contributed by atoms with Crippen molar-refractivity contribution in [2.24, 2.45) is 10.3 Å². The Morgan fingerprint density at radius 3 is 2.89 bits per heavy atom. The Labute approximate surface area is 226 Å². The van der Waals surface area contributed by atoms with Crippen LogP contribution in [0.2, 0.25) is 0 Å². The van der Waals surface area contributed by atoms with E-state index in [0.29, 0.717) is 23.0 Å². The number of amidine groups is 1. The van der Waals surface area contributed by atoms with E-state index in [1.54, 1.807) is 34.4 Å². The normalized spacial score (nSPS) is 26.1. The third-order valence-corrected chi connectivity index (χ3v) is 9.20. The zero-order valence-electron chi connectivity index (χ0n) is 19.4. The molecular formula is C19H19N11O5S3. The molecule has 6 rings (SSSR count). The Morgan fingerprint density at radius 1 is 1.42 bits per heavy atom. The number of oxime groups is 1. The van der Waals surface area contributed by atoms with Crippen LogP contribution in [0.5, 0.6) is 0 Å². The van der Waals surface area contributed by atoms with Crippen LogP contribution in [0.15, 0.2) is 39.3 Å². The van der Waals surface area contributed by atoms with Crippen LogP contribution in [0.4, 0.5) is 5.13 Å². The quantitative estimate of drug-likeness (QED) is 0.112. The summed E-state index contributed by atoms with van der Waals surface area (Å²) in [6.07, 6.45) is 3.17. The molecule has 4 aliphatic heterocycles. The van der Waals surface area contributed by atoms with E-state index in [1.165, 1.54) is 28.6 Å². The molecule has 0 spiro atoms. The molecule has 2 fully saturated rings. The minimum absolute atomic E-state index is 0.0276. The predicted octanol–water partition coefficient (Wildman–Crippen LogP) is -0.881. The number of anilines is 1. The van der Waals surface area contributed by atoms with Gasteiger partial charge in [0, 0.05) is 30.6 Å². The van der Waals surface area contributed by atoms with Crippen molar-refractivity contribution in [3.05, 3.63) is 40.6 Å². The summed E-state index contributed by atoms with van der Waals surface area (Å²) in [6, 6.07) is -0.965. The summed E-state index contributed by atoms with van der Waals surface area (Å²) >= 11 is 3.85. The highest BCUT2D eigenvalue weighted by atomic mass is 32.2. The molecule has 2 amide bonds. The largest absolute Gasteiger partial charge is 0.477 e. The molecule has 4 aliphatic rings. The van der Waals surface area contributed by atoms with Crippen LogP contribution in [0.25, 0.3) is 0 Å². The van der Waals surface area contributed by atoms with Gasteiger partial charge in [0.25, 0.3) is 11.8 Å². The molecule has 198 valence electrons. The topological polar surface area (TPSA) is 207 Å². The number of amides is 2. The maximum Gasteiger partial charge on any atom is 0.352 e. The second-order valence-corrected chi connectivity index (χ2v) is 11.2. The minimum atomic E-state index is -1.22. The maximum atomic E-state index is 13.2. The molecule has 6 N–H and O–H groups in total. The molecule has 19 heteroatoms. The first-order chi connectivity index (χ1) is 18.3. The number of nitrogens with zero attached hydrogens (tertiary/aromatic N) is 7. The number of nitrogens with two attached hydrogens (primary N) is 1. The molecule has 0 aromatic carbocycles. The molecule has 2 unspecified atom stereocenters. The van der Waals surface area contributed by atoms with E-state index in [4.69, 9.17) is 10.6 Å². The van der Waals surface area contributed by atoms with E-state index in [-0.39, 0.29) is 34.1 Å². The predicted molar refractivity (Wildman–Crippen MR) is 138 cm³/mol. The molecule has 2 aromatic rings. The van der Waals surface area contributed by atoms with E-state index < -0.39 is 29.2 Å². The highest BCUT2D eigenvalue weighted by Crippen LogP contribution is 2.46. The smallest absolute Gasteiger partial charge is 0.352 e. The number of carboxylic acids is 1. The SMILES string of the molecule is CN1C2=NNN1SC2C1=C(C(=O)O)N2C(=O)[C@@H](NC(=O)C(=NOCc3ncc[nH]3)c3csc(N)n3)[C@H]2SC1. The van der Waals surface area contributed by atoms with Crippen molar-refractivity contribution in [2.45, 2.75) is 23.3 Å². The number of hydrogen-bond donors (Lipinski definition) is 5. The third-order valence-electron chi connectivity index (χ3n) is 5.99. The number of carbonyl (C=O) groups excluding carboxylic acids is 2. The van der Waals surface area contributed by atoms with E-state index in [1.807, 2.05) is 0 Å². The van der Waals surface area contributed by atoms with Gasteiger partial charge in [-0.15, -0.1) is 28.2 Å². The van der Waals surface area contributed by atoms with Gasteiger partial charge in [-0.2, -0.15) is 0 Å². The minimum Gasteiger partial charge on any atom is -0.477 e. The molecule has 2 saturated heterocycles. The number of aliphatic carboxylic acids is 1. The Bertz CT molecular complexity index is 1410. The number of carboxylic acid groups (broad SMARTS) is 1. The number of aromatic amines is 1. The summed E-state index contributed by atoms with van der Waals surface area (Å²) in [5, 5.41) is 23.4. The second-order valence-electron chi connectivity index (χ2n) is 8.21. The number of fused-ring (bicyclic) bond motifs is 3. The van der Waals surface area contributed by atoms with Crippen molar-refractivity contribution in [1.29, 1.82) is 0 Å². The summed E-state index contributed by atoms with van der Waals surface area (Å²) in [6.45, 7) is -0.0276. The Kier molecular flexibility index (Phi) is 6.13. The summed E-state index contributed by atoms with van der Waals surface area (Å²) in [7, 11) is 1.80. The molecule has 0 aliphatic carbocycles. The van der Waals surface area contributed by atoms with E-state index >= 15 is 0 Å². The van der Waals surface area contributed by atoms with Gasteiger partial charge < -0.3 is 26.0 Å². The van der Waals surface area contributed by atoms with Gasteiger partial charge >= 0.3 is 5.97 Å². The van der Waals surface area contributed by atoms with Gasteiger partial charge in [0.05, 0.1) is 0 Å². The number of nitrogens with one attached hydrogen (secondary N) is 3. The van der Waals surface area contributed by atoms with Gasteiger partial charge in [0.2, 0.25) is 0 Å². The summed E-state index contributed by atoms with van der Waals surface area (Å²) in [5.41, 5.74) is 9.02. The van der Waals surface area contributed by atoms with Crippen LogP contribution >= 0.6 is 35.0 Å². The summed E-state index contributed by atoms with van der Waals surface area (Å²) in [4.78, 5) is 56.2. The van der Waals surface area contributed by atoms with Crippen LogP contribution in [0.3, 0.4) is 0 Å². The maximum absolute atomic E-state index is 13.2. The van der Waals surface area contributed by atoms with Crippen molar-refractivity contribution >= 4 is 69.5 Å². The Balaban J connectivity index is 1.21.